The first kappa shape index (κ1) is 19.7. The predicted octanol–water partition coefficient (Wildman–Crippen LogP) is 1.66. The minimum atomic E-state index is -0.348. The van der Waals surface area contributed by atoms with Crippen molar-refractivity contribution in [3.63, 3.8) is 0 Å². The van der Waals surface area contributed by atoms with Crippen LogP contribution in [0.15, 0.2) is 24.3 Å². The van der Waals surface area contributed by atoms with Gasteiger partial charge in [-0.1, -0.05) is 23.7 Å². The van der Waals surface area contributed by atoms with Crippen molar-refractivity contribution < 1.29 is 9.59 Å². The van der Waals surface area contributed by atoms with Crippen molar-refractivity contribution in [3.05, 3.63) is 34.9 Å². The molecule has 118 valence electrons. The SMILES string of the molecule is CNCCNC(=O)CC(NC(C)=O)c1ccc(Cl)cc1.Cl. The molecule has 5 nitrogen and oxygen atoms in total. The minimum absolute atomic E-state index is 0. The zero-order valence-corrected chi connectivity index (χ0v) is 13.7. The highest BCUT2D eigenvalue weighted by atomic mass is 35.5. The third kappa shape index (κ3) is 7.90. The van der Waals surface area contributed by atoms with E-state index in [1.807, 2.05) is 19.2 Å². The van der Waals surface area contributed by atoms with E-state index in [2.05, 4.69) is 16.0 Å². The van der Waals surface area contributed by atoms with Gasteiger partial charge >= 0.3 is 0 Å². The summed E-state index contributed by atoms with van der Waals surface area (Å²) in [5.74, 6) is -0.276. The molecule has 1 aromatic rings. The molecule has 0 spiro atoms. The molecule has 3 N–H and O–H groups in total. The van der Waals surface area contributed by atoms with Crippen LogP contribution in [-0.2, 0) is 9.59 Å². The van der Waals surface area contributed by atoms with Gasteiger partial charge in [0.25, 0.3) is 0 Å². The first-order valence-corrected chi connectivity index (χ1v) is 6.84. The average Bonchev–Trinajstić information content (AvgIpc) is 2.38. The van der Waals surface area contributed by atoms with Crippen LogP contribution in [-0.4, -0.2) is 32.0 Å². The maximum absolute atomic E-state index is 11.8. The predicted molar refractivity (Wildman–Crippen MR) is 86.8 cm³/mol. The van der Waals surface area contributed by atoms with E-state index in [0.717, 1.165) is 5.56 Å². The van der Waals surface area contributed by atoms with Crippen molar-refractivity contribution in [1.82, 2.24) is 16.0 Å². The summed E-state index contributed by atoms with van der Waals surface area (Å²) in [6, 6.07) is 6.75. The molecule has 0 radical (unpaired) electrons. The summed E-state index contributed by atoms with van der Waals surface area (Å²) in [7, 11) is 1.82. The van der Waals surface area contributed by atoms with Crippen LogP contribution in [0.3, 0.4) is 0 Å². The molecule has 7 heteroatoms. The molecule has 0 saturated heterocycles. The topological polar surface area (TPSA) is 70.2 Å². The Balaban J connectivity index is 0.00000400. The summed E-state index contributed by atoms with van der Waals surface area (Å²) >= 11 is 5.84. The van der Waals surface area contributed by atoms with E-state index in [1.54, 1.807) is 12.1 Å². The highest BCUT2D eigenvalue weighted by Crippen LogP contribution is 2.19. The van der Waals surface area contributed by atoms with Crippen molar-refractivity contribution in [2.75, 3.05) is 20.1 Å². The number of hydrogen-bond donors (Lipinski definition) is 3. The molecular formula is C14H21Cl2N3O2. The van der Waals surface area contributed by atoms with Gasteiger partial charge in [0.1, 0.15) is 0 Å². The van der Waals surface area contributed by atoms with Crippen LogP contribution in [0.1, 0.15) is 24.9 Å². The Hall–Kier alpha value is -1.30. The molecule has 0 aliphatic rings. The van der Waals surface area contributed by atoms with Crippen LogP contribution >= 0.6 is 24.0 Å². The molecule has 0 bridgehead atoms. The molecule has 0 aliphatic carbocycles. The number of carbonyl (C=O) groups excluding carboxylic acids is 2. The molecule has 1 unspecified atom stereocenters. The summed E-state index contributed by atoms with van der Waals surface area (Å²) in [5.41, 5.74) is 0.855. The fourth-order valence-corrected chi connectivity index (χ4v) is 1.90. The monoisotopic (exact) mass is 333 g/mol. The zero-order valence-electron chi connectivity index (χ0n) is 12.1. The second kappa shape index (κ2) is 10.4. The maximum atomic E-state index is 11.8. The summed E-state index contributed by atoms with van der Waals surface area (Å²) < 4.78 is 0. The zero-order chi connectivity index (χ0) is 15.0. The standard InChI is InChI=1S/C14H20ClN3O2.ClH/c1-10(19)18-13(9-14(20)17-8-7-16-2)11-3-5-12(15)6-4-11;/h3-6,13,16H,7-9H2,1-2H3,(H,17,20)(H,18,19);1H. The lowest BCUT2D eigenvalue weighted by Gasteiger charge is -2.18. The molecule has 0 aromatic heterocycles. The van der Waals surface area contributed by atoms with E-state index in [4.69, 9.17) is 11.6 Å². The Morgan fingerprint density at radius 3 is 2.33 bits per heavy atom. The number of carbonyl (C=O) groups is 2. The van der Waals surface area contributed by atoms with Crippen molar-refractivity contribution in [2.24, 2.45) is 0 Å². The summed E-state index contributed by atoms with van der Waals surface area (Å²) in [6.45, 7) is 2.70. The molecular weight excluding hydrogens is 313 g/mol. The van der Waals surface area contributed by atoms with Gasteiger partial charge in [0.2, 0.25) is 11.8 Å². The minimum Gasteiger partial charge on any atom is -0.355 e. The third-order valence-corrected chi connectivity index (χ3v) is 2.99. The molecule has 0 aliphatic heterocycles. The molecule has 1 atom stereocenters. The molecule has 0 saturated carbocycles. The summed E-state index contributed by atoms with van der Waals surface area (Å²) in [6.07, 6.45) is 0.199. The fraction of sp³-hybridized carbons (Fsp3) is 0.429. The Morgan fingerprint density at radius 2 is 1.81 bits per heavy atom. The Labute approximate surface area is 136 Å². The second-order valence-corrected chi connectivity index (χ2v) is 4.90. The van der Waals surface area contributed by atoms with Crippen LogP contribution in [0.2, 0.25) is 5.02 Å². The van der Waals surface area contributed by atoms with Crippen LogP contribution in [0.4, 0.5) is 0 Å². The molecule has 21 heavy (non-hydrogen) atoms. The van der Waals surface area contributed by atoms with Crippen LogP contribution < -0.4 is 16.0 Å². The first-order chi connectivity index (χ1) is 9.52. The highest BCUT2D eigenvalue weighted by molar-refractivity contribution is 6.30. The third-order valence-electron chi connectivity index (χ3n) is 2.74. The Morgan fingerprint density at radius 1 is 1.19 bits per heavy atom. The fourth-order valence-electron chi connectivity index (χ4n) is 1.78. The number of nitrogens with one attached hydrogen (secondary N) is 3. The Bertz CT molecular complexity index is 452. The van der Waals surface area contributed by atoms with E-state index in [1.165, 1.54) is 6.92 Å². The van der Waals surface area contributed by atoms with Gasteiger partial charge in [-0.2, -0.15) is 0 Å². The number of benzene rings is 1. The molecule has 1 aromatic carbocycles. The number of halogens is 2. The van der Waals surface area contributed by atoms with Gasteiger partial charge in [-0.05, 0) is 24.7 Å². The van der Waals surface area contributed by atoms with Crippen LogP contribution in [0.5, 0.6) is 0 Å². The van der Waals surface area contributed by atoms with E-state index in [0.29, 0.717) is 18.1 Å². The number of rotatable bonds is 7. The lowest BCUT2D eigenvalue weighted by Crippen LogP contribution is -2.35. The molecule has 2 amide bonds. The van der Waals surface area contributed by atoms with Gasteiger partial charge in [-0.3, -0.25) is 9.59 Å². The quantitative estimate of drug-likeness (QED) is 0.664. The van der Waals surface area contributed by atoms with Gasteiger partial charge in [0, 0.05) is 25.0 Å². The van der Waals surface area contributed by atoms with Gasteiger partial charge in [-0.25, -0.2) is 0 Å². The van der Waals surface area contributed by atoms with Crippen molar-refractivity contribution in [3.8, 4) is 0 Å². The highest BCUT2D eigenvalue weighted by Gasteiger charge is 2.16. The van der Waals surface area contributed by atoms with Gasteiger partial charge in [-0.15, -0.1) is 12.4 Å². The number of amides is 2. The second-order valence-electron chi connectivity index (χ2n) is 4.46. The number of hydrogen-bond acceptors (Lipinski definition) is 3. The van der Waals surface area contributed by atoms with E-state index >= 15 is 0 Å². The van der Waals surface area contributed by atoms with Crippen molar-refractivity contribution in [2.45, 2.75) is 19.4 Å². The first-order valence-electron chi connectivity index (χ1n) is 6.46. The van der Waals surface area contributed by atoms with E-state index in [9.17, 15) is 9.59 Å². The van der Waals surface area contributed by atoms with Gasteiger partial charge in [0.15, 0.2) is 0 Å². The van der Waals surface area contributed by atoms with Crippen molar-refractivity contribution >= 4 is 35.8 Å². The summed E-state index contributed by atoms with van der Waals surface area (Å²) in [5, 5.41) is 9.13. The van der Waals surface area contributed by atoms with E-state index < -0.39 is 0 Å². The van der Waals surface area contributed by atoms with Crippen molar-refractivity contribution in [1.29, 1.82) is 0 Å². The summed E-state index contributed by atoms with van der Waals surface area (Å²) in [4.78, 5) is 23.1. The number of likely N-dealkylation sites (N-methyl/N-ethyl adjacent to an activating group) is 1. The molecule has 1 rings (SSSR count). The van der Waals surface area contributed by atoms with E-state index in [-0.39, 0.29) is 36.7 Å². The van der Waals surface area contributed by atoms with Crippen LogP contribution in [0, 0.1) is 0 Å². The van der Waals surface area contributed by atoms with Gasteiger partial charge < -0.3 is 16.0 Å². The molecule has 0 heterocycles. The molecule has 0 fully saturated rings. The Kier molecular flexibility index (Phi) is 9.78. The smallest absolute Gasteiger partial charge is 0.222 e. The lowest BCUT2D eigenvalue weighted by atomic mass is 10.0. The largest absolute Gasteiger partial charge is 0.355 e. The normalized spacial score (nSPS) is 11.2. The maximum Gasteiger partial charge on any atom is 0.222 e. The van der Waals surface area contributed by atoms with Gasteiger partial charge in [0.05, 0.1) is 12.5 Å². The van der Waals surface area contributed by atoms with Crippen LogP contribution in [0.25, 0.3) is 0 Å². The lowest BCUT2D eigenvalue weighted by molar-refractivity contribution is -0.122. The average molecular weight is 334 g/mol.